The lowest BCUT2D eigenvalue weighted by Crippen LogP contribution is -1.90. The molecule has 59 valence electrons. The summed E-state index contributed by atoms with van der Waals surface area (Å²) in [5.74, 6) is 0.751. The summed E-state index contributed by atoms with van der Waals surface area (Å²) in [6, 6.07) is 5.42. The molecule has 1 rings (SSSR count). The van der Waals surface area contributed by atoms with Crippen molar-refractivity contribution in [2.75, 3.05) is 7.11 Å². The summed E-state index contributed by atoms with van der Waals surface area (Å²) in [5, 5.41) is 8.84. The van der Waals surface area contributed by atoms with E-state index in [1.165, 1.54) is 0 Å². The van der Waals surface area contributed by atoms with Gasteiger partial charge in [-0.3, -0.25) is 0 Å². The standard InChI is InChI=1S/C9H11O2/c1-7-3-4-9(11-2)5-8(7)6-10/h3-5,10H,1,6H2,2H3. The zero-order valence-electron chi connectivity index (χ0n) is 6.50. The molecule has 0 aliphatic heterocycles. The molecule has 1 N–H and O–H groups in total. The first-order chi connectivity index (χ1) is 5.27. The second kappa shape index (κ2) is 3.39. The minimum Gasteiger partial charge on any atom is -0.497 e. The highest BCUT2D eigenvalue weighted by atomic mass is 16.5. The quantitative estimate of drug-likeness (QED) is 0.691. The molecular weight excluding hydrogens is 140 g/mol. The predicted molar refractivity (Wildman–Crippen MR) is 43.4 cm³/mol. The summed E-state index contributed by atoms with van der Waals surface area (Å²) < 4.78 is 4.97. The maximum atomic E-state index is 8.84. The Hall–Kier alpha value is -1.02. The van der Waals surface area contributed by atoms with E-state index in [2.05, 4.69) is 6.92 Å². The first kappa shape index (κ1) is 8.08. The average molecular weight is 151 g/mol. The maximum Gasteiger partial charge on any atom is 0.119 e. The second-order valence-electron chi connectivity index (χ2n) is 2.29. The molecule has 1 radical (unpaired) electrons. The maximum absolute atomic E-state index is 8.84. The van der Waals surface area contributed by atoms with Crippen molar-refractivity contribution in [3.05, 3.63) is 36.2 Å². The Bertz CT molecular complexity index is 243. The van der Waals surface area contributed by atoms with Gasteiger partial charge in [-0.05, 0) is 30.2 Å². The van der Waals surface area contributed by atoms with Gasteiger partial charge in [-0.25, -0.2) is 0 Å². The third-order valence-corrected chi connectivity index (χ3v) is 1.58. The highest BCUT2D eigenvalue weighted by Gasteiger charge is 1.97. The summed E-state index contributed by atoms with van der Waals surface area (Å²) in [7, 11) is 1.60. The number of hydrogen-bond donors (Lipinski definition) is 1. The second-order valence-corrected chi connectivity index (χ2v) is 2.29. The van der Waals surface area contributed by atoms with Crippen LogP contribution in [-0.4, -0.2) is 12.2 Å². The third kappa shape index (κ3) is 1.71. The Kier molecular flexibility index (Phi) is 2.49. The molecule has 11 heavy (non-hydrogen) atoms. The van der Waals surface area contributed by atoms with Crippen LogP contribution in [0, 0.1) is 6.92 Å². The van der Waals surface area contributed by atoms with Gasteiger partial charge in [-0.1, -0.05) is 6.07 Å². The number of rotatable bonds is 2. The fourth-order valence-electron chi connectivity index (χ4n) is 0.876. The van der Waals surface area contributed by atoms with Crippen molar-refractivity contribution >= 4 is 0 Å². The number of aliphatic hydroxyl groups excluding tert-OH is 1. The van der Waals surface area contributed by atoms with Gasteiger partial charge in [0.15, 0.2) is 0 Å². The van der Waals surface area contributed by atoms with Crippen molar-refractivity contribution in [3.8, 4) is 5.75 Å². The summed E-state index contributed by atoms with van der Waals surface area (Å²) >= 11 is 0. The highest BCUT2D eigenvalue weighted by molar-refractivity contribution is 5.36. The molecule has 0 aliphatic carbocycles. The zero-order valence-corrected chi connectivity index (χ0v) is 6.50. The molecule has 0 bridgehead atoms. The van der Waals surface area contributed by atoms with Crippen molar-refractivity contribution in [2.45, 2.75) is 6.61 Å². The van der Waals surface area contributed by atoms with Crippen LogP contribution in [0.5, 0.6) is 5.75 Å². The van der Waals surface area contributed by atoms with Gasteiger partial charge in [-0.15, -0.1) is 0 Å². The normalized spacial score (nSPS) is 9.73. The molecule has 0 aromatic heterocycles. The molecule has 0 atom stereocenters. The van der Waals surface area contributed by atoms with Crippen LogP contribution in [0.3, 0.4) is 0 Å². The summed E-state index contributed by atoms with van der Waals surface area (Å²) in [4.78, 5) is 0. The minimum absolute atomic E-state index is 0.00995. The summed E-state index contributed by atoms with van der Waals surface area (Å²) in [6.45, 7) is 3.76. The van der Waals surface area contributed by atoms with E-state index in [1.807, 2.05) is 12.1 Å². The number of aliphatic hydroxyl groups is 1. The Labute approximate surface area is 66.4 Å². The van der Waals surface area contributed by atoms with Crippen LogP contribution in [0.4, 0.5) is 0 Å². The van der Waals surface area contributed by atoms with E-state index < -0.39 is 0 Å². The van der Waals surface area contributed by atoms with Gasteiger partial charge in [0.05, 0.1) is 13.7 Å². The fraction of sp³-hybridized carbons (Fsp3) is 0.222. The van der Waals surface area contributed by atoms with E-state index in [-0.39, 0.29) is 6.61 Å². The lowest BCUT2D eigenvalue weighted by molar-refractivity contribution is 0.280. The molecule has 1 aromatic rings. The number of methoxy groups -OCH3 is 1. The van der Waals surface area contributed by atoms with E-state index in [1.54, 1.807) is 13.2 Å². The number of ether oxygens (including phenoxy) is 1. The summed E-state index contributed by atoms with van der Waals surface area (Å²) in [6.07, 6.45) is 0. The van der Waals surface area contributed by atoms with E-state index in [9.17, 15) is 0 Å². The van der Waals surface area contributed by atoms with E-state index in [4.69, 9.17) is 9.84 Å². The molecule has 0 saturated carbocycles. The van der Waals surface area contributed by atoms with Crippen LogP contribution in [-0.2, 0) is 6.61 Å². The van der Waals surface area contributed by atoms with Crippen LogP contribution in [0.25, 0.3) is 0 Å². The SMILES string of the molecule is [CH2]c1ccc(OC)cc1CO. The molecule has 0 fully saturated rings. The van der Waals surface area contributed by atoms with E-state index in [0.717, 1.165) is 16.9 Å². The molecule has 0 aliphatic rings. The number of benzene rings is 1. The fourth-order valence-corrected chi connectivity index (χ4v) is 0.876. The smallest absolute Gasteiger partial charge is 0.119 e. The van der Waals surface area contributed by atoms with Crippen LogP contribution in [0.2, 0.25) is 0 Å². The van der Waals surface area contributed by atoms with Crippen molar-refractivity contribution in [2.24, 2.45) is 0 Å². The first-order valence-electron chi connectivity index (χ1n) is 3.37. The topological polar surface area (TPSA) is 29.5 Å². The minimum atomic E-state index is 0.00995. The third-order valence-electron chi connectivity index (χ3n) is 1.58. The molecule has 0 heterocycles. The molecule has 0 unspecified atom stereocenters. The molecule has 0 amide bonds. The molecule has 2 nitrogen and oxygen atoms in total. The molecular formula is C9H11O2. The highest BCUT2D eigenvalue weighted by Crippen LogP contribution is 2.16. The predicted octanol–water partition coefficient (Wildman–Crippen LogP) is 1.37. The largest absolute Gasteiger partial charge is 0.497 e. The summed E-state index contributed by atoms with van der Waals surface area (Å²) in [5.41, 5.74) is 1.65. The van der Waals surface area contributed by atoms with Crippen LogP contribution >= 0.6 is 0 Å². The van der Waals surface area contributed by atoms with Gasteiger partial charge in [0.25, 0.3) is 0 Å². The molecule has 2 heteroatoms. The molecule has 0 spiro atoms. The van der Waals surface area contributed by atoms with Crippen LogP contribution in [0.1, 0.15) is 11.1 Å². The van der Waals surface area contributed by atoms with Gasteiger partial charge in [0.1, 0.15) is 5.75 Å². The molecule has 1 aromatic carbocycles. The van der Waals surface area contributed by atoms with Gasteiger partial charge in [0, 0.05) is 0 Å². The molecule has 0 saturated heterocycles. The van der Waals surface area contributed by atoms with Crippen molar-refractivity contribution < 1.29 is 9.84 Å². The van der Waals surface area contributed by atoms with Crippen molar-refractivity contribution in [1.29, 1.82) is 0 Å². The Morgan fingerprint density at radius 1 is 1.55 bits per heavy atom. The Balaban J connectivity index is 3.02. The van der Waals surface area contributed by atoms with Crippen molar-refractivity contribution in [3.63, 3.8) is 0 Å². The van der Waals surface area contributed by atoms with E-state index >= 15 is 0 Å². The van der Waals surface area contributed by atoms with Crippen LogP contribution < -0.4 is 4.74 Å². The zero-order chi connectivity index (χ0) is 8.27. The van der Waals surface area contributed by atoms with E-state index in [0.29, 0.717) is 0 Å². The first-order valence-corrected chi connectivity index (χ1v) is 3.37. The van der Waals surface area contributed by atoms with Gasteiger partial charge >= 0.3 is 0 Å². The van der Waals surface area contributed by atoms with Gasteiger partial charge < -0.3 is 9.84 Å². The Morgan fingerprint density at radius 3 is 2.82 bits per heavy atom. The average Bonchev–Trinajstić information content (AvgIpc) is 2.05. The van der Waals surface area contributed by atoms with Gasteiger partial charge in [0.2, 0.25) is 0 Å². The monoisotopic (exact) mass is 151 g/mol. The Morgan fingerprint density at radius 2 is 2.27 bits per heavy atom. The van der Waals surface area contributed by atoms with Gasteiger partial charge in [-0.2, -0.15) is 0 Å². The number of hydrogen-bond acceptors (Lipinski definition) is 2. The van der Waals surface area contributed by atoms with Crippen molar-refractivity contribution in [1.82, 2.24) is 0 Å². The lowest BCUT2D eigenvalue weighted by Gasteiger charge is -2.04. The lowest BCUT2D eigenvalue weighted by atomic mass is 10.1. The van der Waals surface area contributed by atoms with Crippen LogP contribution in [0.15, 0.2) is 18.2 Å².